The van der Waals surface area contributed by atoms with Gasteiger partial charge in [-0.2, -0.15) is 5.26 Å². The average Bonchev–Trinajstić information content (AvgIpc) is 3.04. The Labute approximate surface area is 143 Å². The Kier molecular flexibility index (Phi) is 4.49. The number of halogens is 1. The molecule has 1 aromatic carbocycles. The highest BCUT2D eigenvalue weighted by Gasteiger charge is 2.27. The molecule has 1 aliphatic rings. The van der Waals surface area contributed by atoms with Crippen molar-refractivity contribution in [1.29, 1.82) is 5.26 Å². The van der Waals surface area contributed by atoms with Crippen molar-refractivity contribution in [2.24, 2.45) is 0 Å². The molecule has 1 N–H and O–H groups in total. The van der Waals surface area contributed by atoms with Gasteiger partial charge in [0.05, 0.1) is 17.8 Å². The smallest absolute Gasteiger partial charge is 0.407 e. The fraction of sp³-hybridized carbons (Fsp3) is 0.250. The van der Waals surface area contributed by atoms with E-state index in [1.165, 1.54) is 4.90 Å². The van der Waals surface area contributed by atoms with Crippen molar-refractivity contribution in [2.75, 3.05) is 13.1 Å². The molecule has 0 aliphatic carbocycles. The molecular formula is C16H13ClN4O3. The summed E-state index contributed by atoms with van der Waals surface area (Å²) in [5.41, 5.74) is 1.69. The van der Waals surface area contributed by atoms with Crippen molar-refractivity contribution in [1.82, 2.24) is 14.9 Å². The van der Waals surface area contributed by atoms with E-state index >= 15 is 0 Å². The van der Waals surface area contributed by atoms with Gasteiger partial charge in [0.1, 0.15) is 17.9 Å². The quantitative estimate of drug-likeness (QED) is 0.859. The van der Waals surface area contributed by atoms with E-state index in [0.717, 1.165) is 5.56 Å². The van der Waals surface area contributed by atoms with Crippen LogP contribution in [0.5, 0.6) is 5.75 Å². The Morgan fingerprint density at radius 1 is 1.46 bits per heavy atom. The lowest BCUT2D eigenvalue weighted by atomic mass is 10.1. The van der Waals surface area contributed by atoms with E-state index in [0.29, 0.717) is 36.5 Å². The highest BCUT2D eigenvalue weighted by Crippen LogP contribution is 2.27. The Morgan fingerprint density at radius 2 is 2.29 bits per heavy atom. The van der Waals surface area contributed by atoms with Crippen LogP contribution in [0.1, 0.15) is 12.0 Å². The molecular weight excluding hydrogens is 332 g/mol. The molecule has 1 fully saturated rings. The maximum Gasteiger partial charge on any atom is 0.407 e. The molecule has 1 saturated heterocycles. The molecule has 8 heteroatoms. The lowest BCUT2D eigenvalue weighted by Gasteiger charge is -2.16. The lowest BCUT2D eigenvalue weighted by Crippen LogP contribution is -2.29. The highest BCUT2D eigenvalue weighted by atomic mass is 35.5. The molecule has 2 heterocycles. The second-order valence-corrected chi connectivity index (χ2v) is 5.63. The Morgan fingerprint density at radius 3 is 2.96 bits per heavy atom. The monoisotopic (exact) mass is 344 g/mol. The number of hydrogen-bond acceptors (Lipinski definition) is 5. The molecule has 1 atom stereocenters. The molecule has 1 aromatic heterocycles. The Bertz CT molecular complexity index is 821. The van der Waals surface area contributed by atoms with Gasteiger partial charge in [-0.05, 0) is 35.9 Å². The van der Waals surface area contributed by atoms with Gasteiger partial charge >= 0.3 is 6.09 Å². The number of carboxylic acid groups (broad SMARTS) is 1. The lowest BCUT2D eigenvalue weighted by molar-refractivity contribution is 0.145. The second-order valence-electron chi connectivity index (χ2n) is 5.29. The van der Waals surface area contributed by atoms with Crippen molar-refractivity contribution < 1.29 is 14.6 Å². The SMILES string of the molecule is N#Cc1cc(-c2ccnc(Cl)n2)ccc1O[C@@H]1CCN(C(=O)O)C1. The number of rotatable bonds is 3. The average molecular weight is 345 g/mol. The maximum absolute atomic E-state index is 10.9. The largest absolute Gasteiger partial charge is 0.487 e. The predicted molar refractivity (Wildman–Crippen MR) is 85.8 cm³/mol. The molecule has 1 amide bonds. The van der Waals surface area contributed by atoms with Crippen LogP contribution >= 0.6 is 11.6 Å². The Hall–Kier alpha value is -2.85. The maximum atomic E-state index is 10.9. The van der Waals surface area contributed by atoms with Crippen LogP contribution in [0.25, 0.3) is 11.3 Å². The predicted octanol–water partition coefficient (Wildman–Crippen LogP) is 2.80. The number of likely N-dealkylation sites (tertiary alicyclic amines) is 1. The van der Waals surface area contributed by atoms with Crippen LogP contribution < -0.4 is 4.74 Å². The fourth-order valence-corrected chi connectivity index (χ4v) is 2.70. The van der Waals surface area contributed by atoms with Crippen LogP contribution in [0.15, 0.2) is 30.5 Å². The van der Waals surface area contributed by atoms with Crippen LogP contribution in [0, 0.1) is 11.3 Å². The summed E-state index contributed by atoms with van der Waals surface area (Å²) in [6, 6.07) is 8.92. The molecule has 0 saturated carbocycles. The zero-order valence-electron chi connectivity index (χ0n) is 12.5. The molecule has 0 spiro atoms. The number of carbonyl (C=O) groups is 1. The van der Waals surface area contributed by atoms with Crippen molar-refractivity contribution in [3.63, 3.8) is 0 Å². The normalized spacial score (nSPS) is 16.7. The summed E-state index contributed by atoms with van der Waals surface area (Å²) in [5, 5.41) is 18.5. The minimum atomic E-state index is -0.961. The zero-order chi connectivity index (χ0) is 17.1. The number of amides is 1. The van der Waals surface area contributed by atoms with Gasteiger partial charge in [0, 0.05) is 24.7 Å². The number of hydrogen-bond donors (Lipinski definition) is 1. The molecule has 7 nitrogen and oxygen atoms in total. The highest BCUT2D eigenvalue weighted by molar-refractivity contribution is 6.28. The minimum absolute atomic E-state index is 0.131. The van der Waals surface area contributed by atoms with Crippen molar-refractivity contribution >= 4 is 17.7 Å². The molecule has 0 radical (unpaired) electrons. The van der Waals surface area contributed by atoms with Gasteiger partial charge < -0.3 is 14.7 Å². The molecule has 0 unspecified atom stereocenters. The van der Waals surface area contributed by atoms with Gasteiger partial charge in [-0.3, -0.25) is 0 Å². The van der Waals surface area contributed by atoms with Crippen molar-refractivity contribution in [3.05, 3.63) is 41.3 Å². The van der Waals surface area contributed by atoms with Gasteiger partial charge in [-0.15, -0.1) is 0 Å². The summed E-state index contributed by atoms with van der Waals surface area (Å²) in [6.07, 6.45) is 0.922. The minimum Gasteiger partial charge on any atom is -0.487 e. The summed E-state index contributed by atoms with van der Waals surface area (Å²) in [5.74, 6) is 0.429. The van der Waals surface area contributed by atoms with E-state index in [2.05, 4.69) is 16.0 Å². The first-order chi connectivity index (χ1) is 11.6. The number of nitriles is 1. The van der Waals surface area contributed by atoms with Crippen LogP contribution in [0.2, 0.25) is 5.28 Å². The van der Waals surface area contributed by atoms with Crippen molar-refractivity contribution in [2.45, 2.75) is 12.5 Å². The van der Waals surface area contributed by atoms with Crippen LogP contribution in [-0.4, -0.2) is 45.3 Å². The van der Waals surface area contributed by atoms with E-state index in [1.54, 1.807) is 30.5 Å². The third kappa shape index (κ3) is 3.39. The molecule has 3 rings (SSSR count). The second kappa shape index (κ2) is 6.72. The van der Waals surface area contributed by atoms with E-state index in [4.69, 9.17) is 21.4 Å². The number of aromatic nitrogens is 2. The van der Waals surface area contributed by atoms with Crippen LogP contribution in [-0.2, 0) is 0 Å². The first-order valence-corrected chi connectivity index (χ1v) is 7.62. The summed E-state index contributed by atoms with van der Waals surface area (Å²) < 4.78 is 5.81. The molecule has 1 aliphatic heterocycles. The third-order valence-corrected chi connectivity index (χ3v) is 3.91. The summed E-state index contributed by atoms with van der Waals surface area (Å²) in [7, 11) is 0. The van der Waals surface area contributed by atoms with Gasteiger partial charge in [-0.25, -0.2) is 14.8 Å². The third-order valence-electron chi connectivity index (χ3n) is 3.73. The summed E-state index contributed by atoms with van der Waals surface area (Å²) >= 11 is 5.79. The number of nitrogens with zero attached hydrogens (tertiary/aromatic N) is 4. The molecule has 122 valence electrons. The Balaban J connectivity index is 1.81. The van der Waals surface area contributed by atoms with E-state index < -0.39 is 6.09 Å². The summed E-state index contributed by atoms with van der Waals surface area (Å²) in [4.78, 5) is 20.2. The number of ether oxygens (including phenoxy) is 1. The van der Waals surface area contributed by atoms with E-state index in [9.17, 15) is 10.1 Å². The first kappa shape index (κ1) is 16.0. The molecule has 24 heavy (non-hydrogen) atoms. The number of benzene rings is 1. The van der Waals surface area contributed by atoms with Gasteiger partial charge in [0.25, 0.3) is 0 Å². The van der Waals surface area contributed by atoms with Gasteiger partial charge in [-0.1, -0.05) is 0 Å². The topological polar surface area (TPSA) is 99.3 Å². The van der Waals surface area contributed by atoms with Gasteiger partial charge in [0.15, 0.2) is 0 Å². The zero-order valence-corrected chi connectivity index (χ0v) is 13.3. The fourth-order valence-electron chi connectivity index (χ4n) is 2.55. The van der Waals surface area contributed by atoms with E-state index in [-0.39, 0.29) is 11.4 Å². The van der Waals surface area contributed by atoms with E-state index in [1.807, 2.05) is 0 Å². The van der Waals surface area contributed by atoms with Crippen molar-refractivity contribution in [3.8, 4) is 23.1 Å². The molecule has 0 bridgehead atoms. The van der Waals surface area contributed by atoms with Gasteiger partial charge in [0.2, 0.25) is 5.28 Å². The first-order valence-electron chi connectivity index (χ1n) is 7.24. The van der Waals surface area contributed by atoms with Crippen LogP contribution in [0.3, 0.4) is 0 Å². The standard InChI is InChI=1S/C16H13ClN4O3/c17-15-19-5-3-13(20-15)10-1-2-14(11(7-10)8-18)24-12-4-6-21(9-12)16(22)23/h1-3,5,7,12H,4,6,9H2,(H,22,23)/t12-/m1/s1. The van der Waals surface area contributed by atoms with Crippen LogP contribution in [0.4, 0.5) is 4.79 Å². The summed E-state index contributed by atoms with van der Waals surface area (Å²) in [6.45, 7) is 0.725. The molecule has 2 aromatic rings.